The minimum absolute atomic E-state index is 0.356. The molecular weight excluding hydrogens is 544 g/mol. The third kappa shape index (κ3) is 8.10. The lowest BCUT2D eigenvalue weighted by molar-refractivity contribution is 0.0788. The second kappa shape index (κ2) is 14.0. The van der Waals surface area contributed by atoms with Crippen molar-refractivity contribution in [3.05, 3.63) is 121 Å². The highest BCUT2D eigenvalue weighted by molar-refractivity contribution is 7.41. The first kappa shape index (κ1) is 30.6. The molecule has 0 atom stereocenters. The fraction of sp³-hybridized carbons (Fsp3) is 0.294. The van der Waals surface area contributed by atoms with Crippen molar-refractivity contribution < 1.29 is 13.6 Å². The van der Waals surface area contributed by atoms with Gasteiger partial charge in [0, 0.05) is 0 Å². The van der Waals surface area contributed by atoms with Gasteiger partial charge < -0.3 is 13.6 Å². The molecule has 0 aliphatic rings. The average molecular weight is 587 g/mol. The number of hydrogen-bond acceptors (Lipinski definition) is 3. The maximum atomic E-state index is 6.45. The van der Waals surface area contributed by atoms with E-state index in [2.05, 4.69) is 155 Å². The lowest BCUT2D eigenvalue weighted by Gasteiger charge is -2.31. The molecule has 4 rings (SSSR count). The molecule has 210 valence electrons. The van der Waals surface area contributed by atoms with Crippen LogP contribution in [0.2, 0.25) is 25.2 Å². The minimum atomic E-state index is -2.00. The Balaban J connectivity index is 1.47. The van der Waals surface area contributed by atoms with Crippen molar-refractivity contribution in [2.75, 3.05) is 13.2 Å². The molecular formula is C34H43O3PSi2. The van der Waals surface area contributed by atoms with Crippen LogP contribution in [0.1, 0.15) is 20.8 Å². The van der Waals surface area contributed by atoms with Crippen LogP contribution >= 0.6 is 8.60 Å². The molecule has 0 bridgehead atoms. The summed E-state index contributed by atoms with van der Waals surface area (Å²) in [6.07, 6.45) is 0. The van der Waals surface area contributed by atoms with Crippen molar-refractivity contribution in [2.45, 2.75) is 51.6 Å². The summed E-state index contributed by atoms with van der Waals surface area (Å²) in [5.74, 6) is 0. The van der Waals surface area contributed by atoms with Crippen LogP contribution in [0.5, 0.6) is 0 Å². The zero-order valence-corrected chi connectivity index (χ0v) is 27.4. The maximum absolute atomic E-state index is 6.45. The first-order valence-corrected chi connectivity index (χ1v) is 20.7. The van der Waals surface area contributed by atoms with Gasteiger partial charge in [0.2, 0.25) is 0 Å². The molecule has 0 unspecified atom stereocenters. The average Bonchev–Trinajstić information content (AvgIpc) is 2.98. The highest BCUT2D eigenvalue weighted by Crippen LogP contribution is 2.44. The van der Waals surface area contributed by atoms with Gasteiger partial charge in [-0.1, -0.05) is 155 Å². The summed E-state index contributed by atoms with van der Waals surface area (Å²) in [7, 11) is -5.48. The van der Waals surface area contributed by atoms with E-state index >= 15 is 0 Å². The molecule has 0 spiro atoms. The van der Waals surface area contributed by atoms with Crippen LogP contribution in [-0.2, 0) is 13.6 Å². The van der Waals surface area contributed by atoms with Crippen molar-refractivity contribution in [3.63, 3.8) is 0 Å². The maximum Gasteiger partial charge on any atom is 0.333 e. The van der Waals surface area contributed by atoms with E-state index in [0.717, 1.165) is 12.1 Å². The molecule has 0 aliphatic heterocycles. The van der Waals surface area contributed by atoms with Crippen LogP contribution in [0, 0.1) is 0 Å². The van der Waals surface area contributed by atoms with Gasteiger partial charge in [-0.15, -0.1) is 0 Å². The first-order valence-electron chi connectivity index (χ1n) is 14.2. The summed E-state index contributed by atoms with van der Waals surface area (Å²) < 4.78 is 19.2. The summed E-state index contributed by atoms with van der Waals surface area (Å²) in [5, 5.41) is 5.66. The Hall–Kier alpha value is -2.38. The zero-order valence-electron chi connectivity index (χ0n) is 24.5. The summed E-state index contributed by atoms with van der Waals surface area (Å²) >= 11 is 0. The topological polar surface area (TPSA) is 27.7 Å². The summed E-state index contributed by atoms with van der Waals surface area (Å²) in [4.78, 5) is 0. The van der Waals surface area contributed by atoms with Crippen molar-refractivity contribution >= 4 is 45.5 Å². The fourth-order valence-electron chi connectivity index (χ4n) is 5.10. The Morgan fingerprint density at radius 3 is 1.02 bits per heavy atom. The monoisotopic (exact) mass is 586 g/mol. The lowest BCUT2D eigenvalue weighted by atomic mass is 10.2. The first-order chi connectivity index (χ1) is 19.2. The summed E-state index contributed by atoms with van der Waals surface area (Å²) in [6, 6.07) is 45.5. The van der Waals surface area contributed by atoms with Gasteiger partial charge in [0.1, 0.15) is 16.1 Å². The molecule has 0 saturated heterocycles. The third-order valence-corrected chi connectivity index (χ3v) is 17.9. The van der Waals surface area contributed by atoms with Crippen LogP contribution in [-0.4, -0.2) is 35.0 Å². The lowest BCUT2D eigenvalue weighted by Crippen LogP contribution is -2.56. The molecule has 3 nitrogen and oxygen atoms in total. The molecule has 4 aromatic carbocycles. The minimum Gasteiger partial charge on any atom is -0.313 e. The highest BCUT2D eigenvalue weighted by atomic mass is 31.2. The Labute approximate surface area is 244 Å². The van der Waals surface area contributed by atoms with Gasteiger partial charge in [-0.2, -0.15) is 0 Å². The van der Waals surface area contributed by atoms with Gasteiger partial charge in [0.05, 0.1) is 18.8 Å². The Bertz CT molecular complexity index is 1110. The third-order valence-electron chi connectivity index (χ3n) is 7.59. The fourth-order valence-corrected chi connectivity index (χ4v) is 13.1. The van der Waals surface area contributed by atoms with Crippen LogP contribution in [0.4, 0.5) is 0 Å². The zero-order chi connectivity index (χ0) is 28.5. The summed E-state index contributed by atoms with van der Waals surface area (Å²) in [5.41, 5.74) is -0.356. The van der Waals surface area contributed by atoms with Crippen molar-refractivity contribution in [1.82, 2.24) is 0 Å². The van der Waals surface area contributed by atoms with Gasteiger partial charge in [-0.25, -0.2) is 0 Å². The van der Waals surface area contributed by atoms with E-state index in [9.17, 15) is 0 Å². The molecule has 6 heteroatoms. The van der Waals surface area contributed by atoms with E-state index in [0.29, 0.717) is 13.2 Å². The normalized spacial score (nSPS) is 12.6. The van der Waals surface area contributed by atoms with Crippen LogP contribution in [0.25, 0.3) is 0 Å². The van der Waals surface area contributed by atoms with E-state index in [4.69, 9.17) is 13.6 Å². The smallest absolute Gasteiger partial charge is 0.313 e. The number of benzene rings is 4. The van der Waals surface area contributed by atoms with Crippen LogP contribution < -0.4 is 20.7 Å². The van der Waals surface area contributed by atoms with Crippen molar-refractivity contribution in [1.29, 1.82) is 0 Å². The van der Waals surface area contributed by atoms with Gasteiger partial charge in [0.25, 0.3) is 0 Å². The van der Waals surface area contributed by atoms with Gasteiger partial charge in [-0.05, 0) is 32.9 Å². The number of rotatable bonds is 13. The SMILES string of the molecule is CC(C)(C)OP(OCC[Si](C)(c1ccccc1)c1ccccc1)OCC[Si](C)(c1ccccc1)c1ccccc1. The largest absolute Gasteiger partial charge is 0.333 e. The Morgan fingerprint density at radius 2 is 0.775 bits per heavy atom. The molecule has 0 heterocycles. The summed E-state index contributed by atoms with van der Waals surface area (Å²) in [6.45, 7) is 12.3. The van der Waals surface area contributed by atoms with Crippen LogP contribution in [0.15, 0.2) is 121 Å². The predicted molar refractivity (Wildman–Crippen MR) is 177 cm³/mol. The van der Waals surface area contributed by atoms with Crippen LogP contribution in [0.3, 0.4) is 0 Å². The molecule has 0 aliphatic carbocycles. The standard InChI is InChI=1S/C34H43O3PSi2/c1-34(2,3)37-38(35-26-28-39(4,30-18-10-6-11-19-30)31-20-12-7-13-21-31)36-27-29-40(5,32-22-14-8-15-23-32)33-24-16-9-17-25-33/h6-25H,26-29H2,1-5H3. The van der Waals surface area contributed by atoms with Gasteiger partial charge >= 0.3 is 8.60 Å². The molecule has 0 radical (unpaired) electrons. The predicted octanol–water partition coefficient (Wildman–Crippen LogP) is 6.85. The molecule has 0 saturated carbocycles. The Kier molecular flexibility index (Phi) is 10.7. The molecule has 0 N–H and O–H groups in total. The second-order valence-electron chi connectivity index (χ2n) is 11.7. The van der Waals surface area contributed by atoms with E-state index in [1.54, 1.807) is 0 Å². The molecule has 0 fully saturated rings. The van der Waals surface area contributed by atoms with Gasteiger partial charge in [0.15, 0.2) is 0 Å². The molecule has 4 aromatic rings. The second-order valence-corrected chi connectivity index (χ2v) is 21.5. The van der Waals surface area contributed by atoms with E-state index in [1.807, 2.05) is 0 Å². The van der Waals surface area contributed by atoms with E-state index in [1.165, 1.54) is 20.7 Å². The quantitative estimate of drug-likeness (QED) is 0.127. The molecule has 40 heavy (non-hydrogen) atoms. The molecule has 0 amide bonds. The van der Waals surface area contributed by atoms with E-state index < -0.39 is 24.8 Å². The molecule has 0 aromatic heterocycles. The van der Waals surface area contributed by atoms with Crippen molar-refractivity contribution in [2.24, 2.45) is 0 Å². The van der Waals surface area contributed by atoms with Crippen molar-refractivity contribution in [3.8, 4) is 0 Å². The Morgan fingerprint density at radius 1 is 0.500 bits per heavy atom. The number of hydrogen-bond donors (Lipinski definition) is 0. The van der Waals surface area contributed by atoms with Gasteiger partial charge in [-0.3, -0.25) is 0 Å². The van der Waals surface area contributed by atoms with E-state index in [-0.39, 0.29) is 5.60 Å². The highest BCUT2D eigenvalue weighted by Gasteiger charge is 2.34.